The highest BCUT2D eigenvalue weighted by atomic mass is 16.5. The summed E-state index contributed by atoms with van der Waals surface area (Å²) >= 11 is 0. The summed E-state index contributed by atoms with van der Waals surface area (Å²) in [5.41, 5.74) is 8.64. The SMILES string of the molecule is COc1cc(C)c(C)cc1C(C)CC(N)=O. The number of carbonyl (C=O) groups excluding carboxylic acids is 1. The van der Waals surface area contributed by atoms with Crippen molar-refractivity contribution >= 4 is 5.91 Å². The van der Waals surface area contributed by atoms with Crippen molar-refractivity contribution in [2.75, 3.05) is 7.11 Å². The Hall–Kier alpha value is -1.51. The molecule has 0 aromatic heterocycles. The Balaban J connectivity index is 3.10. The molecule has 0 aliphatic heterocycles. The number of amides is 1. The fourth-order valence-electron chi connectivity index (χ4n) is 1.79. The van der Waals surface area contributed by atoms with Crippen LogP contribution in [0.1, 0.15) is 36.0 Å². The van der Waals surface area contributed by atoms with Crippen LogP contribution in [0.2, 0.25) is 0 Å². The summed E-state index contributed by atoms with van der Waals surface area (Å²) in [6.45, 7) is 6.08. The second-order valence-electron chi connectivity index (χ2n) is 4.25. The van der Waals surface area contributed by atoms with E-state index in [1.807, 2.05) is 19.9 Å². The van der Waals surface area contributed by atoms with E-state index < -0.39 is 0 Å². The normalized spacial score (nSPS) is 12.2. The largest absolute Gasteiger partial charge is 0.496 e. The van der Waals surface area contributed by atoms with E-state index in [9.17, 15) is 4.79 Å². The molecular formula is C13H19NO2. The van der Waals surface area contributed by atoms with Crippen molar-refractivity contribution < 1.29 is 9.53 Å². The zero-order valence-electron chi connectivity index (χ0n) is 10.3. The second-order valence-corrected chi connectivity index (χ2v) is 4.25. The lowest BCUT2D eigenvalue weighted by molar-refractivity contribution is -0.118. The molecule has 3 heteroatoms. The second kappa shape index (κ2) is 5.01. The molecule has 0 bridgehead atoms. The fourth-order valence-corrected chi connectivity index (χ4v) is 1.79. The molecule has 1 rings (SSSR count). The molecule has 0 saturated carbocycles. The van der Waals surface area contributed by atoms with Gasteiger partial charge in [-0.05, 0) is 42.5 Å². The van der Waals surface area contributed by atoms with Crippen molar-refractivity contribution in [1.82, 2.24) is 0 Å². The summed E-state index contributed by atoms with van der Waals surface area (Å²) < 4.78 is 5.33. The summed E-state index contributed by atoms with van der Waals surface area (Å²) in [6, 6.07) is 4.07. The van der Waals surface area contributed by atoms with E-state index in [2.05, 4.69) is 13.0 Å². The van der Waals surface area contributed by atoms with Gasteiger partial charge in [0.2, 0.25) is 5.91 Å². The van der Waals surface area contributed by atoms with Crippen molar-refractivity contribution in [2.45, 2.75) is 33.1 Å². The van der Waals surface area contributed by atoms with Gasteiger partial charge in [0.1, 0.15) is 5.75 Å². The molecule has 3 nitrogen and oxygen atoms in total. The lowest BCUT2D eigenvalue weighted by atomic mass is 9.93. The number of hydrogen-bond acceptors (Lipinski definition) is 2. The zero-order valence-corrected chi connectivity index (χ0v) is 10.3. The maximum atomic E-state index is 10.9. The van der Waals surface area contributed by atoms with Crippen molar-refractivity contribution in [1.29, 1.82) is 0 Å². The summed E-state index contributed by atoms with van der Waals surface area (Å²) in [5, 5.41) is 0. The third-order valence-electron chi connectivity index (χ3n) is 2.88. The van der Waals surface area contributed by atoms with E-state index in [1.54, 1.807) is 7.11 Å². The van der Waals surface area contributed by atoms with Crippen LogP contribution in [0.15, 0.2) is 12.1 Å². The number of nitrogens with two attached hydrogens (primary N) is 1. The molecule has 0 spiro atoms. The van der Waals surface area contributed by atoms with Gasteiger partial charge in [-0.15, -0.1) is 0 Å². The molecule has 0 fully saturated rings. The van der Waals surface area contributed by atoms with Gasteiger partial charge in [-0.1, -0.05) is 13.0 Å². The van der Waals surface area contributed by atoms with Gasteiger partial charge in [0.05, 0.1) is 7.11 Å². The standard InChI is InChI=1S/C13H19NO2/c1-8-5-11(10(3)7-13(14)15)12(16-4)6-9(8)2/h5-6,10H,7H2,1-4H3,(H2,14,15). The molecule has 0 saturated heterocycles. The molecule has 2 N–H and O–H groups in total. The summed E-state index contributed by atoms with van der Waals surface area (Å²) in [6.07, 6.45) is 0.346. The third kappa shape index (κ3) is 2.75. The average Bonchev–Trinajstić information content (AvgIpc) is 2.20. The maximum absolute atomic E-state index is 10.9. The number of methoxy groups -OCH3 is 1. The highest BCUT2D eigenvalue weighted by molar-refractivity contribution is 5.75. The van der Waals surface area contributed by atoms with Gasteiger partial charge in [-0.25, -0.2) is 0 Å². The van der Waals surface area contributed by atoms with Gasteiger partial charge in [-0.2, -0.15) is 0 Å². The molecule has 0 heterocycles. The maximum Gasteiger partial charge on any atom is 0.218 e. The van der Waals surface area contributed by atoms with Crippen LogP contribution in [0, 0.1) is 13.8 Å². The molecule has 0 radical (unpaired) electrons. The Bertz CT molecular complexity index is 399. The van der Waals surface area contributed by atoms with E-state index >= 15 is 0 Å². The van der Waals surface area contributed by atoms with E-state index in [0.717, 1.165) is 11.3 Å². The van der Waals surface area contributed by atoms with Crippen LogP contribution in [0.4, 0.5) is 0 Å². The molecule has 0 aliphatic carbocycles. The monoisotopic (exact) mass is 221 g/mol. The number of rotatable bonds is 4. The lowest BCUT2D eigenvalue weighted by Gasteiger charge is -2.16. The fraction of sp³-hybridized carbons (Fsp3) is 0.462. The van der Waals surface area contributed by atoms with Crippen LogP contribution in [0.25, 0.3) is 0 Å². The number of primary amides is 1. The Kier molecular flexibility index (Phi) is 3.93. The van der Waals surface area contributed by atoms with Crippen LogP contribution >= 0.6 is 0 Å². The summed E-state index contributed by atoms with van der Waals surface area (Å²) in [5.74, 6) is 0.636. The van der Waals surface area contributed by atoms with Gasteiger partial charge in [0, 0.05) is 6.42 Å². The van der Waals surface area contributed by atoms with E-state index in [4.69, 9.17) is 10.5 Å². The molecule has 88 valence electrons. The Morgan fingerprint density at radius 2 is 1.94 bits per heavy atom. The highest BCUT2D eigenvalue weighted by Crippen LogP contribution is 2.31. The highest BCUT2D eigenvalue weighted by Gasteiger charge is 2.14. The first-order valence-electron chi connectivity index (χ1n) is 5.39. The van der Waals surface area contributed by atoms with Crippen LogP contribution in [-0.4, -0.2) is 13.0 Å². The van der Waals surface area contributed by atoms with Crippen molar-refractivity contribution in [3.8, 4) is 5.75 Å². The Morgan fingerprint density at radius 3 is 2.44 bits per heavy atom. The van der Waals surface area contributed by atoms with Crippen LogP contribution in [0.3, 0.4) is 0 Å². The number of carbonyl (C=O) groups is 1. The predicted octanol–water partition coefficient (Wildman–Crippen LogP) is 2.29. The molecule has 1 aromatic rings. The quantitative estimate of drug-likeness (QED) is 0.848. The molecule has 1 atom stereocenters. The smallest absolute Gasteiger partial charge is 0.218 e. The minimum Gasteiger partial charge on any atom is -0.496 e. The average molecular weight is 221 g/mol. The predicted molar refractivity (Wildman–Crippen MR) is 64.7 cm³/mol. The van der Waals surface area contributed by atoms with Gasteiger partial charge in [0.15, 0.2) is 0 Å². The molecule has 1 amide bonds. The van der Waals surface area contributed by atoms with E-state index in [-0.39, 0.29) is 11.8 Å². The number of aryl methyl sites for hydroxylation is 2. The van der Waals surface area contributed by atoms with Crippen LogP contribution < -0.4 is 10.5 Å². The molecule has 1 aromatic carbocycles. The minimum absolute atomic E-state index is 0.0896. The Morgan fingerprint density at radius 1 is 1.38 bits per heavy atom. The van der Waals surface area contributed by atoms with Gasteiger partial charge in [-0.3, -0.25) is 4.79 Å². The number of hydrogen-bond donors (Lipinski definition) is 1. The lowest BCUT2D eigenvalue weighted by Crippen LogP contribution is -2.14. The number of benzene rings is 1. The summed E-state index contributed by atoms with van der Waals surface area (Å²) in [4.78, 5) is 10.9. The molecular weight excluding hydrogens is 202 g/mol. The zero-order chi connectivity index (χ0) is 12.3. The topological polar surface area (TPSA) is 52.3 Å². The third-order valence-corrected chi connectivity index (χ3v) is 2.88. The van der Waals surface area contributed by atoms with Crippen LogP contribution in [-0.2, 0) is 4.79 Å². The first kappa shape index (κ1) is 12.6. The van der Waals surface area contributed by atoms with Crippen molar-refractivity contribution in [3.05, 3.63) is 28.8 Å². The molecule has 0 aliphatic rings. The van der Waals surface area contributed by atoms with Crippen molar-refractivity contribution in [2.24, 2.45) is 5.73 Å². The Labute approximate surface area is 96.6 Å². The van der Waals surface area contributed by atoms with Crippen LogP contribution in [0.5, 0.6) is 5.75 Å². The molecule has 16 heavy (non-hydrogen) atoms. The van der Waals surface area contributed by atoms with Gasteiger partial charge in [0.25, 0.3) is 0 Å². The van der Waals surface area contributed by atoms with Gasteiger partial charge >= 0.3 is 0 Å². The first-order valence-corrected chi connectivity index (χ1v) is 5.39. The molecule has 1 unspecified atom stereocenters. The van der Waals surface area contributed by atoms with E-state index in [1.165, 1.54) is 11.1 Å². The first-order chi connectivity index (χ1) is 7.45. The van der Waals surface area contributed by atoms with E-state index in [0.29, 0.717) is 6.42 Å². The van der Waals surface area contributed by atoms with Crippen molar-refractivity contribution in [3.63, 3.8) is 0 Å². The number of ether oxygens (including phenoxy) is 1. The minimum atomic E-state index is -0.284. The van der Waals surface area contributed by atoms with Gasteiger partial charge < -0.3 is 10.5 Å². The summed E-state index contributed by atoms with van der Waals surface area (Å²) in [7, 11) is 1.64.